The number of phosphoric acid groups is 1. The lowest BCUT2D eigenvalue weighted by atomic mass is 10.0. The molecule has 3 unspecified atom stereocenters. The van der Waals surface area contributed by atoms with E-state index in [1.807, 2.05) is 0 Å². The van der Waals surface area contributed by atoms with Gasteiger partial charge in [0.25, 0.3) is 0 Å². The highest BCUT2D eigenvalue weighted by molar-refractivity contribution is 7.47. The van der Waals surface area contributed by atoms with Crippen molar-refractivity contribution in [1.82, 2.24) is 5.32 Å². The number of hydrogen-bond donors (Lipinski definition) is 4. The molecule has 54 heavy (non-hydrogen) atoms. The third kappa shape index (κ3) is 36.9. The Bertz CT molecular complexity index is 1020. The zero-order chi connectivity index (χ0) is 40.0. The van der Waals surface area contributed by atoms with Gasteiger partial charge in [0.15, 0.2) is 6.04 Å². The number of esters is 1. The number of allylic oxidation sites excluding steroid dienone is 4. The van der Waals surface area contributed by atoms with E-state index in [4.69, 9.17) is 13.8 Å². The fourth-order valence-corrected chi connectivity index (χ4v) is 6.65. The Morgan fingerprint density at radius 1 is 0.593 bits per heavy atom. The van der Waals surface area contributed by atoms with Crippen LogP contribution < -0.4 is 5.32 Å². The molecule has 0 rings (SSSR count). The van der Waals surface area contributed by atoms with Crippen LogP contribution in [0.5, 0.6) is 0 Å². The Morgan fingerprint density at radius 3 is 1.54 bits per heavy atom. The number of hydrogen-bond acceptors (Lipinski definition) is 8. The number of carboxylic acids is 1. The van der Waals surface area contributed by atoms with Crippen LogP contribution in [0.15, 0.2) is 24.3 Å². The molecule has 4 N–H and O–H groups in total. The number of unbranched alkanes of at least 4 members (excludes halogenated alkanes) is 22. The molecule has 0 bridgehead atoms. The predicted octanol–water partition coefficient (Wildman–Crippen LogP) is 10.7. The molecule has 316 valence electrons. The van der Waals surface area contributed by atoms with E-state index in [0.29, 0.717) is 12.8 Å². The van der Waals surface area contributed by atoms with Gasteiger partial charge in [0, 0.05) is 12.8 Å². The molecule has 0 spiro atoms. The minimum atomic E-state index is -4.74. The van der Waals surface area contributed by atoms with Gasteiger partial charge >= 0.3 is 19.8 Å². The Morgan fingerprint density at radius 2 is 1.02 bits per heavy atom. The Labute approximate surface area is 328 Å². The lowest BCUT2D eigenvalue weighted by Crippen LogP contribution is -2.43. The number of amides is 1. The second-order valence-corrected chi connectivity index (χ2v) is 16.0. The molecule has 1 amide bonds. The van der Waals surface area contributed by atoms with E-state index in [2.05, 4.69) is 43.5 Å². The first-order valence-corrected chi connectivity index (χ1v) is 22.9. The van der Waals surface area contributed by atoms with Crippen molar-refractivity contribution < 1.29 is 47.8 Å². The summed E-state index contributed by atoms with van der Waals surface area (Å²) >= 11 is 0. The predicted molar refractivity (Wildman–Crippen MR) is 217 cm³/mol. The molecule has 0 aromatic carbocycles. The highest BCUT2D eigenvalue weighted by Crippen LogP contribution is 2.43. The molecule has 0 aromatic rings. The summed E-state index contributed by atoms with van der Waals surface area (Å²) in [7, 11) is -4.74. The third-order valence-electron chi connectivity index (χ3n) is 9.24. The summed E-state index contributed by atoms with van der Waals surface area (Å²) in [6.45, 7) is 2.50. The first kappa shape index (κ1) is 52.0. The van der Waals surface area contributed by atoms with Gasteiger partial charge in [-0.3, -0.25) is 18.6 Å². The highest BCUT2D eigenvalue weighted by Gasteiger charge is 2.28. The van der Waals surface area contributed by atoms with Crippen LogP contribution in [-0.4, -0.2) is 64.9 Å². The molecule has 0 heterocycles. The molecule has 12 heteroatoms. The van der Waals surface area contributed by atoms with Crippen molar-refractivity contribution in [3.05, 3.63) is 24.3 Å². The van der Waals surface area contributed by atoms with Gasteiger partial charge in [-0.25, -0.2) is 9.36 Å². The lowest BCUT2D eigenvalue weighted by molar-refractivity contribution is -0.147. The Kier molecular flexibility index (Phi) is 36.4. The van der Waals surface area contributed by atoms with Crippen molar-refractivity contribution in [3.63, 3.8) is 0 Å². The number of carboxylic acid groups (broad SMARTS) is 1. The number of aliphatic hydroxyl groups is 1. The maximum Gasteiger partial charge on any atom is 0.472 e. The van der Waals surface area contributed by atoms with Crippen molar-refractivity contribution in [1.29, 1.82) is 0 Å². The van der Waals surface area contributed by atoms with Gasteiger partial charge in [0.1, 0.15) is 12.7 Å². The first-order chi connectivity index (χ1) is 26.1. The van der Waals surface area contributed by atoms with Crippen molar-refractivity contribution >= 4 is 25.7 Å². The van der Waals surface area contributed by atoms with Crippen molar-refractivity contribution in [2.45, 2.75) is 206 Å². The summed E-state index contributed by atoms with van der Waals surface area (Å²) in [5.74, 6) is -2.38. The largest absolute Gasteiger partial charge is 0.480 e. The number of ether oxygens (including phenoxy) is 1. The zero-order valence-electron chi connectivity index (χ0n) is 34.0. The van der Waals surface area contributed by atoms with Crippen LogP contribution >= 0.6 is 7.82 Å². The van der Waals surface area contributed by atoms with Crippen LogP contribution in [0.4, 0.5) is 0 Å². The van der Waals surface area contributed by atoms with E-state index in [1.54, 1.807) is 0 Å². The molecule has 0 aromatic heterocycles. The van der Waals surface area contributed by atoms with Crippen LogP contribution in [0, 0.1) is 0 Å². The molecule has 0 saturated carbocycles. The van der Waals surface area contributed by atoms with Gasteiger partial charge in [-0.1, -0.05) is 160 Å². The summed E-state index contributed by atoms with van der Waals surface area (Å²) in [5, 5.41) is 21.7. The average molecular weight is 788 g/mol. The van der Waals surface area contributed by atoms with Gasteiger partial charge in [-0.05, 0) is 44.9 Å². The molecule has 0 aliphatic rings. The zero-order valence-corrected chi connectivity index (χ0v) is 34.9. The molecule has 0 radical (unpaired) electrons. The quantitative estimate of drug-likeness (QED) is 0.0203. The van der Waals surface area contributed by atoms with Gasteiger partial charge in [0.2, 0.25) is 5.91 Å². The highest BCUT2D eigenvalue weighted by atomic mass is 31.2. The summed E-state index contributed by atoms with van der Waals surface area (Å²) in [5.41, 5.74) is 0. The topological polar surface area (TPSA) is 169 Å². The number of aliphatic hydroxyl groups excluding tert-OH is 1. The lowest BCUT2D eigenvalue weighted by Gasteiger charge is -2.18. The summed E-state index contributed by atoms with van der Waals surface area (Å²) in [4.78, 5) is 45.6. The standard InChI is InChI=1S/C42H78NO10P/c1-3-5-7-9-11-12-13-14-15-16-17-18-19-20-21-22-23-24-25-26-28-30-32-34-41(46)51-35-38(44)36-52-54(49,50)53-37-39(42(47)48)43-40(45)33-31-29-27-10-8-6-4-2/h11-12,14-15,38-39,44H,3-10,13,16-37H2,1-2H3,(H,43,45)(H,47,48)(H,49,50)/b12-11-,15-14-. The van der Waals surface area contributed by atoms with E-state index < -0.39 is 57.6 Å². The van der Waals surface area contributed by atoms with Crippen LogP contribution in [0.3, 0.4) is 0 Å². The SMILES string of the molecule is CCCCC/C=C\C/C=C\CCCCCCCCCCCCCCCC(=O)OCC(O)COP(=O)(O)OCC(NC(=O)CCCCCCCCC)C(=O)O. The van der Waals surface area contributed by atoms with Crippen molar-refractivity contribution in [2.75, 3.05) is 19.8 Å². The second-order valence-electron chi connectivity index (χ2n) is 14.5. The minimum absolute atomic E-state index is 0.146. The molecule has 0 aliphatic heterocycles. The van der Waals surface area contributed by atoms with E-state index in [9.17, 15) is 34.1 Å². The monoisotopic (exact) mass is 788 g/mol. The van der Waals surface area contributed by atoms with Crippen LogP contribution in [0.1, 0.15) is 194 Å². The molecule has 11 nitrogen and oxygen atoms in total. The fourth-order valence-electron chi connectivity index (χ4n) is 5.87. The maximum absolute atomic E-state index is 12.2. The van der Waals surface area contributed by atoms with Crippen molar-refractivity contribution in [2.24, 2.45) is 0 Å². The number of carbonyl (C=O) groups excluding carboxylic acids is 2. The number of nitrogens with one attached hydrogen (secondary N) is 1. The van der Waals surface area contributed by atoms with Gasteiger partial charge in [0.05, 0.1) is 13.2 Å². The van der Waals surface area contributed by atoms with E-state index >= 15 is 0 Å². The molecule has 0 aliphatic carbocycles. The fraction of sp³-hybridized carbons (Fsp3) is 0.833. The number of phosphoric ester groups is 1. The second kappa shape index (κ2) is 37.9. The van der Waals surface area contributed by atoms with E-state index in [0.717, 1.165) is 57.8 Å². The summed E-state index contributed by atoms with van der Waals surface area (Å²) in [6.07, 6.45) is 38.2. The average Bonchev–Trinajstić information content (AvgIpc) is 3.14. The normalized spacial score (nSPS) is 14.0. The van der Waals surface area contributed by atoms with E-state index in [1.165, 1.54) is 96.3 Å². The van der Waals surface area contributed by atoms with Gasteiger partial charge in [-0.15, -0.1) is 0 Å². The molecule has 0 saturated heterocycles. The molecular weight excluding hydrogens is 709 g/mol. The Hall–Kier alpha value is -2.04. The van der Waals surface area contributed by atoms with Gasteiger partial charge in [-0.2, -0.15) is 0 Å². The molecule has 3 atom stereocenters. The van der Waals surface area contributed by atoms with E-state index in [-0.39, 0.29) is 12.8 Å². The van der Waals surface area contributed by atoms with Crippen LogP contribution in [0.25, 0.3) is 0 Å². The van der Waals surface area contributed by atoms with Crippen LogP contribution in [0.2, 0.25) is 0 Å². The van der Waals surface area contributed by atoms with Crippen molar-refractivity contribution in [3.8, 4) is 0 Å². The minimum Gasteiger partial charge on any atom is -0.480 e. The number of rotatable bonds is 40. The molecular formula is C42H78NO10P. The van der Waals surface area contributed by atoms with Crippen LogP contribution in [-0.2, 0) is 32.7 Å². The first-order valence-electron chi connectivity index (χ1n) is 21.4. The Balaban J connectivity index is 3.76. The maximum atomic E-state index is 12.2. The summed E-state index contributed by atoms with van der Waals surface area (Å²) in [6, 6.07) is -1.54. The van der Waals surface area contributed by atoms with Gasteiger partial charge < -0.3 is 25.2 Å². The smallest absolute Gasteiger partial charge is 0.472 e. The summed E-state index contributed by atoms with van der Waals surface area (Å²) < 4.78 is 26.7. The molecule has 0 fully saturated rings. The number of carbonyl (C=O) groups is 3. The number of aliphatic carboxylic acids is 1. The third-order valence-corrected chi connectivity index (χ3v) is 10.2.